The largest absolute Gasteiger partial charge is 0.467 e. The third-order valence-electron chi connectivity index (χ3n) is 13.3. The highest BCUT2D eigenvalue weighted by molar-refractivity contribution is 7.09. The van der Waals surface area contributed by atoms with Crippen molar-refractivity contribution in [3.05, 3.63) is 185 Å². The summed E-state index contributed by atoms with van der Waals surface area (Å²) in [6.07, 6.45) is 15.5. The van der Waals surface area contributed by atoms with Crippen molar-refractivity contribution >= 4 is 183 Å². The van der Waals surface area contributed by atoms with Crippen LogP contribution in [0.25, 0.3) is 65.1 Å². The van der Waals surface area contributed by atoms with Crippen molar-refractivity contribution in [2.24, 2.45) is 0 Å². The summed E-state index contributed by atoms with van der Waals surface area (Å²) in [5.74, 6) is 6.25. The van der Waals surface area contributed by atoms with E-state index in [1.807, 2.05) is 48.0 Å². The smallest absolute Gasteiger partial charge is 0.226 e. The second-order valence-corrected chi connectivity index (χ2v) is 23.5. The summed E-state index contributed by atoms with van der Waals surface area (Å²) in [5, 5.41) is 24.6. The molecule has 16 rings (SSSR count). The number of aryl methyl sites for hydroxylation is 1. The maximum atomic E-state index is 7.14. The number of hydrogen-bond donors (Lipinski definition) is 11. The van der Waals surface area contributed by atoms with Crippen LogP contribution < -0.4 is 32.3 Å². The molecule has 0 atom stereocenters. The summed E-state index contributed by atoms with van der Waals surface area (Å²) in [6, 6.07) is 11.2. The molecule has 0 radical (unpaired) electrons. The normalized spacial score (nSPS) is 11.6. The van der Waals surface area contributed by atoms with Crippen LogP contribution >= 0.6 is 80.7 Å². The summed E-state index contributed by atoms with van der Waals surface area (Å²) in [6.45, 7) is 18.9. The Bertz CT molecular complexity index is 4890. The van der Waals surface area contributed by atoms with Crippen molar-refractivity contribution in [2.45, 2.75) is 58.4 Å². The van der Waals surface area contributed by atoms with Gasteiger partial charge in [0.25, 0.3) is 0 Å². The summed E-state index contributed by atoms with van der Waals surface area (Å²) in [5.41, 5.74) is 12.6. The number of hydrogen-bond acceptors (Lipinski definition) is 26. The topological polar surface area (TPSA) is 406 Å². The molecule has 0 aliphatic heterocycles. The van der Waals surface area contributed by atoms with E-state index in [9.17, 15) is 0 Å². The Balaban J connectivity index is 0.000000114. The first-order chi connectivity index (χ1) is 46.3. The summed E-state index contributed by atoms with van der Waals surface area (Å²) in [4.78, 5) is 88.1. The highest BCUT2D eigenvalue weighted by Crippen LogP contribution is 2.40. The summed E-state index contributed by atoms with van der Waals surface area (Å²) in [7, 11) is 0. The van der Waals surface area contributed by atoms with Crippen molar-refractivity contribution < 1.29 is 8.83 Å². The highest BCUT2D eigenvalue weighted by Gasteiger charge is 2.28. The number of H-pyrrole nitrogens is 5. The number of aromatic nitrogens is 21. The van der Waals surface area contributed by atoms with Gasteiger partial charge in [0, 0.05) is 53.4 Å². The van der Waals surface area contributed by atoms with Crippen LogP contribution in [-0.2, 0) is 32.7 Å². The molecule has 38 heteroatoms. The number of nitrogen functional groups attached to an aromatic ring is 1. The van der Waals surface area contributed by atoms with E-state index >= 15 is 0 Å². The molecule has 0 aromatic carbocycles. The minimum absolute atomic E-state index is 0.107. The molecule has 0 spiro atoms. The minimum Gasteiger partial charge on any atom is -0.467 e. The van der Waals surface area contributed by atoms with Gasteiger partial charge in [-0.15, -0.1) is 22.7 Å². The molecule has 478 valence electrons. The Labute approximate surface area is 568 Å². The van der Waals surface area contributed by atoms with Crippen LogP contribution in [-0.4, -0.2) is 105 Å². The average molecular weight is 1410 g/mol. The van der Waals surface area contributed by atoms with Crippen LogP contribution in [0.5, 0.6) is 0 Å². The number of nitrogens with two attached hydrogens (primary N) is 1. The molecule has 12 N–H and O–H groups in total. The van der Waals surface area contributed by atoms with E-state index in [1.165, 1.54) is 19.2 Å². The summed E-state index contributed by atoms with van der Waals surface area (Å²) < 4.78 is 10.4. The van der Waals surface area contributed by atoms with E-state index in [-0.39, 0.29) is 32.4 Å². The molecule has 15 heterocycles. The molecular weight excluding hydrogens is 1360 g/mol. The monoisotopic (exact) mass is 1410 g/mol. The van der Waals surface area contributed by atoms with Crippen molar-refractivity contribution in [1.29, 1.82) is 0 Å². The SMILES string of the molecule is Cc1cc2c(NCc3nccs3)nc(Cl)nc2[nH]1.Clc1nc(NCc2ccncn2)c2[nH]c(C3CC3)nc2n1.Nc1nc2nc(Cl)nc(NCc3ccco3)c2[nH]1.[C-]#[N+]c1c[nH]c2nc(Cl)nc(NCc3ccco3)c12.[C-]#[N+]c1c[nH]c2nc(Cl)nc(NCc3nccs3)c12. The van der Waals surface area contributed by atoms with Crippen LogP contribution in [0.4, 0.5) is 46.4 Å². The molecule has 1 fully saturated rings. The average Bonchev–Trinajstić information content (AvgIpc) is 1.19. The second kappa shape index (κ2) is 29.8. The van der Waals surface area contributed by atoms with Crippen LogP contribution in [0.2, 0.25) is 26.4 Å². The number of anilines is 6. The van der Waals surface area contributed by atoms with Gasteiger partial charge in [0.15, 0.2) is 28.9 Å². The molecule has 95 heavy (non-hydrogen) atoms. The summed E-state index contributed by atoms with van der Waals surface area (Å²) >= 11 is 32.5. The Kier molecular flexibility index (Phi) is 20.1. The standard InChI is InChI=1S/C13H12ClN7.C12H8ClN5O.C11H7ClN6S.C11H10ClN5S.C10H9ClN6O/c14-13-20-11(16-5-8-3-4-15-6-17-8)9-12(21-13)19-10(18-9)7-1-2-7;1-14-8-6-16-11-9(8)10(17-12(13)18-11)15-5-7-3-2-4-19-7;1-13-6-4-15-9-8(6)10(18-11(12)17-9)16-5-7-14-2-3-19-7;1-6-4-7-9(14-5-8-13-2-3-18-8)16-11(12)17-10(7)15-6;11-9-15-7(13-4-5-2-1-3-18-5)6-8(16-9)17-10(12)14-6/h3-4,6-7H,1-2,5H2,(H2,16,18,19,20,21);2-4,6H,5H2,(H2,15,16,17,18);2-4H,5H2,(H2,15,16,17,18);2-4H,5H2,1H3,(H2,14,15,16,17);1-3H,4H2,(H4,12,13,14,15,16,17). The number of furan rings is 2. The van der Waals surface area contributed by atoms with E-state index in [1.54, 1.807) is 72.3 Å². The fraction of sp³-hybridized carbons (Fsp3) is 0.158. The number of nitrogens with zero attached hydrogens (tertiary/aromatic N) is 18. The number of nitrogens with one attached hydrogen (secondary N) is 10. The van der Waals surface area contributed by atoms with Crippen molar-refractivity contribution in [2.75, 3.05) is 32.3 Å². The molecule has 15 aromatic heterocycles. The first kappa shape index (κ1) is 64.2. The zero-order chi connectivity index (χ0) is 65.8. The highest BCUT2D eigenvalue weighted by atomic mass is 35.5. The third-order valence-corrected chi connectivity index (χ3v) is 15.7. The van der Waals surface area contributed by atoms with Gasteiger partial charge in [0.2, 0.25) is 37.8 Å². The van der Waals surface area contributed by atoms with Crippen LogP contribution in [0, 0.1) is 20.1 Å². The fourth-order valence-corrected chi connectivity index (χ4v) is 11.0. The van der Waals surface area contributed by atoms with Gasteiger partial charge in [-0.1, -0.05) is 0 Å². The van der Waals surface area contributed by atoms with Gasteiger partial charge in [0.05, 0.1) is 80.2 Å². The van der Waals surface area contributed by atoms with E-state index < -0.39 is 0 Å². The van der Waals surface area contributed by atoms with Gasteiger partial charge in [-0.05, 0) is 114 Å². The first-order valence-electron chi connectivity index (χ1n) is 28.0. The van der Waals surface area contributed by atoms with E-state index in [2.05, 4.69) is 141 Å². The molecule has 31 nitrogen and oxygen atoms in total. The van der Waals surface area contributed by atoms with Crippen molar-refractivity contribution in [1.82, 2.24) is 105 Å². The van der Waals surface area contributed by atoms with Gasteiger partial charge in [-0.3, -0.25) is 0 Å². The van der Waals surface area contributed by atoms with Gasteiger partial charge in [-0.2, -0.15) is 29.9 Å². The lowest BCUT2D eigenvalue weighted by Crippen LogP contribution is -2.04. The number of aromatic amines is 5. The lowest BCUT2D eigenvalue weighted by Gasteiger charge is -2.06. The maximum absolute atomic E-state index is 7.14. The van der Waals surface area contributed by atoms with E-state index in [0.29, 0.717) is 112 Å². The van der Waals surface area contributed by atoms with E-state index in [4.69, 9.17) is 85.7 Å². The quantitative estimate of drug-likeness (QED) is 0.0316. The van der Waals surface area contributed by atoms with E-state index in [0.717, 1.165) is 61.1 Å². The lowest BCUT2D eigenvalue weighted by molar-refractivity contribution is 0.517. The molecule has 1 aliphatic carbocycles. The Hall–Kier alpha value is -10.9. The maximum Gasteiger partial charge on any atom is 0.226 e. The number of imidazole rings is 2. The molecule has 15 aromatic rings. The van der Waals surface area contributed by atoms with Crippen molar-refractivity contribution in [3.63, 3.8) is 0 Å². The van der Waals surface area contributed by atoms with Crippen LogP contribution in [0.3, 0.4) is 0 Å². The van der Waals surface area contributed by atoms with Gasteiger partial charge in [-0.25, -0.2) is 59.5 Å². The number of thiazole rings is 2. The van der Waals surface area contributed by atoms with Gasteiger partial charge in [0.1, 0.15) is 79.1 Å². The number of rotatable bonds is 16. The predicted molar refractivity (Wildman–Crippen MR) is 364 cm³/mol. The van der Waals surface area contributed by atoms with Gasteiger partial charge < -0.3 is 66.1 Å². The van der Waals surface area contributed by atoms with Crippen LogP contribution in [0.15, 0.2) is 106 Å². The van der Waals surface area contributed by atoms with Gasteiger partial charge >= 0.3 is 0 Å². The first-order valence-corrected chi connectivity index (χ1v) is 31.7. The number of halogens is 5. The number of fused-ring (bicyclic) bond motifs is 5. The molecule has 0 bridgehead atoms. The molecule has 0 amide bonds. The fourth-order valence-electron chi connectivity index (χ4n) is 9.01. The second-order valence-electron chi connectivity index (χ2n) is 19.8. The minimum atomic E-state index is 0.107. The predicted octanol–water partition coefficient (Wildman–Crippen LogP) is 13.7. The molecule has 0 saturated heterocycles. The Morgan fingerprint density at radius 2 is 1.06 bits per heavy atom. The molecule has 0 unspecified atom stereocenters. The molecule has 1 saturated carbocycles. The Morgan fingerprint density at radius 1 is 0.558 bits per heavy atom. The molecule has 1 aliphatic rings. The van der Waals surface area contributed by atoms with Crippen LogP contribution in [0.1, 0.15) is 57.5 Å². The zero-order valence-electron chi connectivity index (χ0n) is 48.9. The Morgan fingerprint density at radius 3 is 1.59 bits per heavy atom. The molecular formula is C57H46Cl5N29O2S2. The zero-order valence-corrected chi connectivity index (χ0v) is 54.3. The van der Waals surface area contributed by atoms with Crippen molar-refractivity contribution in [3.8, 4) is 0 Å². The third kappa shape index (κ3) is 16.3. The lowest BCUT2D eigenvalue weighted by atomic mass is 10.3.